The highest BCUT2D eigenvalue weighted by Crippen LogP contribution is 2.30. The van der Waals surface area contributed by atoms with E-state index in [1.165, 1.54) is 46.8 Å². The van der Waals surface area contributed by atoms with Crippen LogP contribution in [0.15, 0.2) is 70.0 Å². The lowest BCUT2D eigenvalue weighted by molar-refractivity contribution is -0.130. The zero-order valence-corrected chi connectivity index (χ0v) is 33.7. The summed E-state index contributed by atoms with van der Waals surface area (Å²) in [6.07, 6.45) is -1.12. The number of hydrogen-bond acceptors (Lipinski definition) is 10. The van der Waals surface area contributed by atoms with Gasteiger partial charge in [0.1, 0.15) is 17.6 Å². The van der Waals surface area contributed by atoms with Gasteiger partial charge in [-0.05, 0) is 47.9 Å². The Morgan fingerprint density at radius 3 is 2.26 bits per heavy atom. The number of hydrogen-bond donors (Lipinski definition) is 3. The van der Waals surface area contributed by atoms with Crippen molar-refractivity contribution in [3.05, 3.63) is 86.7 Å². The fraction of sp³-hybridized carbons (Fsp3) is 0.526. The second-order valence-corrected chi connectivity index (χ2v) is 18.1. The molecule has 0 saturated carbocycles. The molecule has 0 unspecified atom stereocenters. The van der Waals surface area contributed by atoms with Crippen molar-refractivity contribution in [1.29, 1.82) is 0 Å². The quantitative estimate of drug-likeness (QED) is 0.155. The first-order chi connectivity index (χ1) is 25.4. The maximum atomic E-state index is 14.4. The maximum absolute atomic E-state index is 14.4. The summed E-state index contributed by atoms with van der Waals surface area (Å²) in [5.74, 6) is -0.710. The lowest BCUT2D eigenvalue weighted by Crippen LogP contribution is -2.59. The van der Waals surface area contributed by atoms with Gasteiger partial charge in [-0.2, -0.15) is 9.21 Å². The van der Waals surface area contributed by atoms with Crippen LogP contribution >= 0.6 is 11.3 Å². The first kappa shape index (κ1) is 42.5. The van der Waals surface area contributed by atoms with Gasteiger partial charge >= 0.3 is 6.03 Å². The average Bonchev–Trinajstić information content (AvgIpc) is 3.70. The van der Waals surface area contributed by atoms with E-state index in [0.717, 1.165) is 10.6 Å². The number of nitrogens with zero attached hydrogens (tertiary/aromatic N) is 5. The van der Waals surface area contributed by atoms with Crippen LogP contribution in [0.1, 0.15) is 76.3 Å². The number of nitroso groups, excluding NO2 is 1. The van der Waals surface area contributed by atoms with Gasteiger partial charge in [0.05, 0.1) is 35.3 Å². The minimum absolute atomic E-state index is 0.00894. The predicted octanol–water partition coefficient (Wildman–Crippen LogP) is 4.69. The van der Waals surface area contributed by atoms with Crippen LogP contribution in [0.2, 0.25) is 0 Å². The lowest BCUT2D eigenvalue weighted by Gasteiger charge is -2.38. The number of amides is 4. The third-order valence-electron chi connectivity index (χ3n) is 9.08. The smallest absolute Gasteiger partial charge is 0.321 e. The minimum atomic E-state index is -4.09. The summed E-state index contributed by atoms with van der Waals surface area (Å²) in [7, 11) is -4.09. The Bertz CT molecular complexity index is 1850. The number of aliphatic hydroxyl groups is 1. The van der Waals surface area contributed by atoms with Gasteiger partial charge in [0, 0.05) is 38.5 Å². The average molecular weight is 784 g/mol. The van der Waals surface area contributed by atoms with Crippen LogP contribution in [0.4, 0.5) is 4.79 Å². The monoisotopic (exact) mass is 783 g/mol. The van der Waals surface area contributed by atoms with Crippen LogP contribution in [-0.4, -0.2) is 94.8 Å². The van der Waals surface area contributed by atoms with Crippen LogP contribution in [-0.2, 0) is 39.1 Å². The molecule has 2 heterocycles. The SMILES string of the molecule is CC(=O)N[C@@H](C)c1nc(CN2CCN([C@H](C(=O)N[C@@H](Cc3ccccc3)[C@H](O)CN(CC(C)C)S(=O)(=O)c3ccc(CN=O)cc3)C(C)(C)C)C2=O)cs1. The van der Waals surface area contributed by atoms with Crippen molar-refractivity contribution in [1.82, 2.24) is 29.7 Å². The highest BCUT2D eigenvalue weighted by atomic mass is 32.2. The normalized spacial score (nSPS) is 16.0. The Balaban J connectivity index is 1.57. The number of carbonyl (C=O) groups is 3. The Hall–Kier alpha value is -4.25. The van der Waals surface area contributed by atoms with Gasteiger partial charge in [0.25, 0.3) is 0 Å². The zero-order valence-electron chi connectivity index (χ0n) is 32.1. The molecule has 0 spiro atoms. The molecule has 1 fully saturated rings. The van der Waals surface area contributed by atoms with Crippen molar-refractivity contribution in [3.63, 3.8) is 0 Å². The van der Waals surface area contributed by atoms with Crippen molar-refractivity contribution >= 4 is 39.2 Å². The molecular formula is C38H53N7O7S2. The fourth-order valence-corrected chi connectivity index (χ4v) is 9.00. The number of carbonyl (C=O) groups excluding carboxylic acids is 3. The summed E-state index contributed by atoms with van der Waals surface area (Å²) in [4.78, 5) is 58.3. The van der Waals surface area contributed by atoms with Crippen LogP contribution in [0.25, 0.3) is 0 Å². The number of thiazole rings is 1. The molecule has 3 N–H and O–H groups in total. The molecule has 1 aliphatic rings. The topological polar surface area (TPSA) is 182 Å². The zero-order chi connectivity index (χ0) is 39.8. The van der Waals surface area contributed by atoms with Gasteiger partial charge in [-0.3, -0.25) is 9.59 Å². The molecule has 0 radical (unpaired) electrons. The maximum Gasteiger partial charge on any atom is 0.321 e. The van der Waals surface area contributed by atoms with Crippen molar-refractivity contribution in [3.8, 4) is 0 Å². The van der Waals surface area contributed by atoms with E-state index in [1.54, 1.807) is 9.80 Å². The highest BCUT2D eigenvalue weighted by Gasteiger charge is 2.44. The molecule has 1 saturated heterocycles. The fourth-order valence-electron chi connectivity index (χ4n) is 6.56. The molecule has 14 nitrogen and oxygen atoms in total. The standard InChI is InChI=1S/C38H53N7O7S2/c1-25(2)21-44(54(51,52)31-15-13-29(14-16-31)20-39-50)23-33(47)32(19-28-11-9-8-10-12-28)42-35(48)34(38(5,6)7)45-18-17-43(37(45)49)22-30-24-53-36(41-30)26(3)40-27(4)46/h8-16,24-26,32-34,47H,17-23H2,1-7H3,(H,40,46)(H,42,48)/t26-,32-,33+,34+/m0/s1. The van der Waals surface area contributed by atoms with E-state index in [-0.39, 0.29) is 61.4 Å². The van der Waals surface area contributed by atoms with E-state index < -0.39 is 39.5 Å². The molecule has 54 heavy (non-hydrogen) atoms. The summed E-state index contributed by atoms with van der Waals surface area (Å²) in [6, 6.07) is 12.8. The molecule has 0 aliphatic carbocycles. The third kappa shape index (κ3) is 11.1. The molecule has 4 atom stereocenters. The lowest BCUT2D eigenvalue weighted by atomic mass is 9.84. The minimum Gasteiger partial charge on any atom is -0.390 e. The summed E-state index contributed by atoms with van der Waals surface area (Å²) in [5, 5.41) is 23.1. The van der Waals surface area contributed by atoms with E-state index in [4.69, 9.17) is 0 Å². The van der Waals surface area contributed by atoms with E-state index in [2.05, 4.69) is 20.8 Å². The predicted molar refractivity (Wildman–Crippen MR) is 208 cm³/mol. The summed E-state index contributed by atoms with van der Waals surface area (Å²) in [5.41, 5.74) is 1.37. The Labute approximate surface area is 322 Å². The molecule has 4 amide bonds. The molecule has 4 rings (SSSR count). The van der Waals surface area contributed by atoms with Crippen molar-refractivity contribution in [2.75, 3.05) is 26.2 Å². The molecule has 0 bridgehead atoms. The van der Waals surface area contributed by atoms with Crippen molar-refractivity contribution in [2.45, 2.75) is 97.1 Å². The molecule has 2 aromatic carbocycles. The number of benzene rings is 2. The second-order valence-electron chi connectivity index (χ2n) is 15.3. The van der Waals surface area contributed by atoms with E-state index in [9.17, 15) is 32.8 Å². The highest BCUT2D eigenvalue weighted by molar-refractivity contribution is 7.89. The number of rotatable bonds is 18. The number of urea groups is 1. The summed E-state index contributed by atoms with van der Waals surface area (Å²) >= 11 is 1.40. The molecule has 1 aliphatic heterocycles. The first-order valence-corrected chi connectivity index (χ1v) is 20.4. The Kier molecular flexibility index (Phi) is 14.5. The van der Waals surface area contributed by atoms with E-state index in [0.29, 0.717) is 24.3 Å². The van der Waals surface area contributed by atoms with E-state index >= 15 is 0 Å². The second kappa shape index (κ2) is 18.4. The van der Waals surface area contributed by atoms with Crippen molar-refractivity contribution < 1.29 is 27.9 Å². The van der Waals surface area contributed by atoms with Gasteiger partial charge < -0.3 is 25.5 Å². The number of sulfonamides is 1. The van der Waals surface area contributed by atoms with Gasteiger partial charge in [-0.1, -0.05) is 82.3 Å². The number of nitrogens with one attached hydrogen (secondary N) is 2. The Morgan fingerprint density at radius 1 is 1.00 bits per heavy atom. The number of aliphatic hydroxyl groups excluding tert-OH is 1. The summed E-state index contributed by atoms with van der Waals surface area (Å²) < 4.78 is 29.1. The Morgan fingerprint density at radius 2 is 1.67 bits per heavy atom. The van der Waals surface area contributed by atoms with Gasteiger partial charge in [-0.15, -0.1) is 11.3 Å². The molecule has 1 aromatic heterocycles. The largest absolute Gasteiger partial charge is 0.390 e. The molecule has 16 heteroatoms. The van der Waals surface area contributed by atoms with Crippen LogP contribution in [0.5, 0.6) is 0 Å². The van der Waals surface area contributed by atoms with Crippen LogP contribution in [0.3, 0.4) is 0 Å². The molecule has 3 aromatic rings. The van der Waals surface area contributed by atoms with Crippen LogP contribution in [0, 0.1) is 16.2 Å². The van der Waals surface area contributed by atoms with Crippen molar-refractivity contribution in [2.24, 2.45) is 16.5 Å². The first-order valence-electron chi connectivity index (χ1n) is 18.1. The van der Waals surface area contributed by atoms with Gasteiger partial charge in [-0.25, -0.2) is 18.2 Å². The van der Waals surface area contributed by atoms with Gasteiger partial charge in [0.2, 0.25) is 21.8 Å². The van der Waals surface area contributed by atoms with Crippen LogP contribution < -0.4 is 10.6 Å². The van der Waals surface area contributed by atoms with E-state index in [1.807, 2.05) is 77.3 Å². The molecular weight excluding hydrogens is 731 g/mol. The summed E-state index contributed by atoms with van der Waals surface area (Å²) in [6.45, 7) is 13.3. The third-order valence-corrected chi connectivity index (χ3v) is 12.0. The number of aromatic nitrogens is 1. The molecule has 294 valence electrons. The van der Waals surface area contributed by atoms with Gasteiger partial charge in [0.15, 0.2) is 0 Å².